The van der Waals surface area contributed by atoms with Crippen LogP contribution >= 0.6 is 0 Å². The lowest BCUT2D eigenvalue weighted by Gasteiger charge is -2.40. The van der Waals surface area contributed by atoms with Gasteiger partial charge < -0.3 is 5.73 Å². The van der Waals surface area contributed by atoms with E-state index in [0.717, 1.165) is 43.9 Å². The van der Waals surface area contributed by atoms with Crippen molar-refractivity contribution in [3.63, 3.8) is 0 Å². The van der Waals surface area contributed by atoms with Crippen molar-refractivity contribution < 1.29 is 0 Å². The first-order valence-corrected chi connectivity index (χ1v) is 8.30. The van der Waals surface area contributed by atoms with Gasteiger partial charge in [0.15, 0.2) is 0 Å². The summed E-state index contributed by atoms with van der Waals surface area (Å²) in [5.74, 6) is 1.55. The first-order valence-electron chi connectivity index (χ1n) is 8.30. The van der Waals surface area contributed by atoms with Gasteiger partial charge in [-0.1, -0.05) is 27.7 Å². The zero-order valence-corrected chi connectivity index (χ0v) is 13.6. The van der Waals surface area contributed by atoms with Gasteiger partial charge in [-0.25, -0.2) is 0 Å². The average molecular weight is 277 g/mol. The van der Waals surface area contributed by atoms with E-state index in [0.29, 0.717) is 6.04 Å². The molecule has 2 rings (SSSR count). The number of aromatic nitrogens is 2. The van der Waals surface area contributed by atoms with Crippen LogP contribution in [0.5, 0.6) is 0 Å². The van der Waals surface area contributed by atoms with Crippen LogP contribution in [0.15, 0.2) is 12.3 Å². The summed E-state index contributed by atoms with van der Waals surface area (Å²) >= 11 is 0. The van der Waals surface area contributed by atoms with Crippen molar-refractivity contribution in [1.82, 2.24) is 9.78 Å². The predicted molar refractivity (Wildman–Crippen MR) is 84.6 cm³/mol. The zero-order chi connectivity index (χ0) is 14.8. The Morgan fingerprint density at radius 1 is 1.35 bits per heavy atom. The Hall–Kier alpha value is -0.830. The molecule has 1 aliphatic rings. The number of rotatable bonds is 5. The molecule has 3 unspecified atom stereocenters. The quantitative estimate of drug-likeness (QED) is 0.886. The lowest BCUT2D eigenvalue weighted by atomic mass is 9.70. The van der Waals surface area contributed by atoms with Crippen LogP contribution in [0.25, 0.3) is 0 Å². The summed E-state index contributed by atoms with van der Waals surface area (Å²) < 4.78 is 2.13. The lowest BCUT2D eigenvalue weighted by Crippen LogP contribution is -2.47. The number of hydrogen-bond donors (Lipinski definition) is 1. The molecule has 0 amide bonds. The highest BCUT2D eigenvalue weighted by molar-refractivity contribution is 5.07. The van der Waals surface area contributed by atoms with Crippen LogP contribution in [0.2, 0.25) is 0 Å². The van der Waals surface area contributed by atoms with Gasteiger partial charge in [-0.2, -0.15) is 5.10 Å². The van der Waals surface area contributed by atoms with E-state index in [1.165, 1.54) is 12.1 Å². The summed E-state index contributed by atoms with van der Waals surface area (Å²) in [6.45, 7) is 9.15. The first kappa shape index (κ1) is 15.6. The molecule has 0 saturated heterocycles. The maximum absolute atomic E-state index is 6.64. The van der Waals surface area contributed by atoms with Gasteiger partial charge in [-0.15, -0.1) is 0 Å². The Kier molecular flexibility index (Phi) is 4.90. The Labute approximate surface area is 123 Å². The largest absolute Gasteiger partial charge is 0.325 e. The molecule has 3 heteroatoms. The van der Waals surface area contributed by atoms with E-state index in [2.05, 4.69) is 44.6 Å². The molecule has 2 N–H and O–H groups in total. The molecular formula is C17H31N3. The van der Waals surface area contributed by atoms with E-state index in [-0.39, 0.29) is 5.54 Å². The third-order valence-electron chi connectivity index (χ3n) is 5.31. The molecule has 1 aliphatic carbocycles. The van der Waals surface area contributed by atoms with Gasteiger partial charge in [0.25, 0.3) is 0 Å². The zero-order valence-electron chi connectivity index (χ0n) is 13.6. The van der Waals surface area contributed by atoms with Crippen molar-refractivity contribution in [3.05, 3.63) is 18.0 Å². The normalized spacial score (nSPS) is 30.9. The summed E-state index contributed by atoms with van der Waals surface area (Å²) in [5.41, 5.74) is 7.77. The summed E-state index contributed by atoms with van der Waals surface area (Å²) in [4.78, 5) is 0. The third-order valence-corrected chi connectivity index (χ3v) is 5.31. The number of hydrogen-bond acceptors (Lipinski definition) is 2. The SMILES string of the molecule is CCC(CC)n1ccc(CC2(N)CCC(C)C(C)C2)n1. The van der Waals surface area contributed by atoms with Crippen molar-refractivity contribution in [2.75, 3.05) is 0 Å². The summed E-state index contributed by atoms with van der Waals surface area (Å²) in [7, 11) is 0. The van der Waals surface area contributed by atoms with Crippen LogP contribution in [-0.4, -0.2) is 15.3 Å². The van der Waals surface area contributed by atoms with Crippen molar-refractivity contribution in [2.24, 2.45) is 17.6 Å². The molecule has 1 saturated carbocycles. The molecule has 1 aromatic rings. The van der Waals surface area contributed by atoms with E-state index >= 15 is 0 Å². The third kappa shape index (κ3) is 3.43. The molecule has 0 aromatic carbocycles. The Balaban J connectivity index is 2.03. The minimum atomic E-state index is -0.0426. The van der Waals surface area contributed by atoms with E-state index < -0.39 is 0 Å². The fourth-order valence-electron chi connectivity index (χ4n) is 3.60. The van der Waals surface area contributed by atoms with Crippen molar-refractivity contribution >= 4 is 0 Å². The highest BCUT2D eigenvalue weighted by atomic mass is 15.3. The molecule has 20 heavy (non-hydrogen) atoms. The minimum absolute atomic E-state index is 0.0426. The topological polar surface area (TPSA) is 43.8 Å². The molecule has 114 valence electrons. The van der Waals surface area contributed by atoms with Crippen LogP contribution in [0.1, 0.15) is 71.5 Å². The number of nitrogens with two attached hydrogens (primary N) is 1. The summed E-state index contributed by atoms with van der Waals surface area (Å²) in [5, 5.41) is 4.77. The maximum atomic E-state index is 6.64. The fourth-order valence-corrected chi connectivity index (χ4v) is 3.60. The van der Waals surface area contributed by atoms with E-state index in [1.54, 1.807) is 0 Å². The molecule has 3 atom stereocenters. The van der Waals surface area contributed by atoms with E-state index in [9.17, 15) is 0 Å². The number of nitrogens with zero attached hydrogens (tertiary/aromatic N) is 2. The molecule has 0 spiro atoms. The van der Waals surface area contributed by atoms with E-state index in [1.807, 2.05) is 0 Å². The van der Waals surface area contributed by atoms with Gasteiger partial charge in [0.05, 0.1) is 11.7 Å². The van der Waals surface area contributed by atoms with E-state index in [4.69, 9.17) is 10.8 Å². The Morgan fingerprint density at radius 3 is 2.65 bits per heavy atom. The first-order chi connectivity index (χ1) is 9.47. The van der Waals surface area contributed by atoms with Crippen LogP contribution < -0.4 is 5.73 Å². The van der Waals surface area contributed by atoms with Gasteiger partial charge in [-0.3, -0.25) is 4.68 Å². The maximum Gasteiger partial charge on any atom is 0.0643 e. The lowest BCUT2D eigenvalue weighted by molar-refractivity contribution is 0.174. The smallest absolute Gasteiger partial charge is 0.0643 e. The molecule has 0 bridgehead atoms. The average Bonchev–Trinajstić information content (AvgIpc) is 2.84. The van der Waals surface area contributed by atoms with Gasteiger partial charge >= 0.3 is 0 Å². The molecular weight excluding hydrogens is 246 g/mol. The monoisotopic (exact) mass is 277 g/mol. The highest BCUT2D eigenvalue weighted by Gasteiger charge is 2.35. The van der Waals surface area contributed by atoms with Gasteiger partial charge in [-0.05, 0) is 50.0 Å². The Morgan fingerprint density at radius 2 is 2.05 bits per heavy atom. The predicted octanol–water partition coefficient (Wildman–Crippen LogP) is 3.94. The van der Waals surface area contributed by atoms with Crippen LogP contribution in [-0.2, 0) is 6.42 Å². The summed E-state index contributed by atoms with van der Waals surface area (Å²) in [6.07, 6.45) is 8.86. The molecule has 3 nitrogen and oxygen atoms in total. The highest BCUT2D eigenvalue weighted by Crippen LogP contribution is 2.36. The molecule has 0 radical (unpaired) electrons. The second-order valence-electron chi connectivity index (χ2n) is 6.99. The Bertz CT molecular complexity index is 422. The molecule has 1 fully saturated rings. The molecule has 1 heterocycles. The standard InChI is InChI=1S/C17H31N3/c1-5-16(6-2)20-10-8-15(19-20)12-17(18)9-7-13(3)14(4)11-17/h8,10,13-14,16H,5-7,9,11-12,18H2,1-4H3. The van der Waals surface area contributed by atoms with Gasteiger partial charge in [0.1, 0.15) is 0 Å². The van der Waals surface area contributed by atoms with Gasteiger partial charge in [0.2, 0.25) is 0 Å². The fraction of sp³-hybridized carbons (Fsp3) is 0.824. The summed E-state index contributed by atoms with van der Waals surface area (Å²) in [6, 6.07) is 2.69. The van der Waals surface area contributed by atoms with Gasteiger partial charge in [0, 0.05) is 18.2 Å². The second kappa shape index (κ2) is 6.30. The van der Waals surface area contributed by atoms with Crippen molar-refractivity contribution in [3.8, 4) is 0 Å². The van der Waals surface area contributed by atoms with Crippen LogP contribution in [0.3, 0.4) is 0 Å². The van der Waals surface area contributed by atoms with Crippen LogP contribution in [0, 0.1) is 11.8 Å². The van der Waals surface area contributed by atoms with Crippen LogP contribution in [0.4, 0.5) is 0 Å². The van der Waals surface area contributed by atoms with Crippen molar-refractivity contribution in [1.29, 1.82) is 0 Å². The van der Waals surface area contributed by atoms with Crippen molar-refractivity contribution in [2.45, 2.75) is 77.8 Å². The second-order valence-corrected chi connectivity index (χ2v) is 6.99. The molecule has 0 aliphatic heterocycles. The minimum Gasteiger partial charge on any atom is -0.325 e. The molecule has 1 aromatic heterocycles.